The number of halogens is 3. The van der Waals surface area contributed by atoms with Gasteiger partial charge in [0.05, 0.1) is 30.9 Å². The van der Waals surface area contributed by atoms with E-state index in [1.807, 2.05) is 12.1 Å². The predicted octanol–water partition coefficient (Wildman–Crippen LogP) is 2.88. The first-order chi connectivity index (χ1) is 11.6. The van der Waals surface area contributed by atoms with E-state index >= 15 is 0 Å². The van der Waals surface area contributed by atoms with Crippen molar-refractivity contribution in [3.8, 4) is 5.75 Å². The number of piperidine rings is 1. The molecule has 0 amide bonds. The molecule has 3 rings (SSSR count). The molecule has 1 aromatic rings. The number of hydrogen-bond acceptors (Lipinski definition) is 5. The Morgan fingerprint density at radius 2 is 2.00 bits per heavy atom. The Bertz CT molecular complexity index is 569. The largest absolute Gasteiger partial charge is 0.495 e. The van der Waals surface area contributed by atoms with Gasteiger partial charge < -0.3 is 20.3 Å². The summed E-state index contributed by atoms with van der Waals surface area (Å²) in [5.74, 6) is 0.704. The molecule has 2 fully saturated rings. The number of aliphatic hydroxyl groups is 1. The van der Waals surface area contributed by atoms with Crippen molar-refractivity contribution in [1.29, 1.82) is 0 Å². The van der Waals surface area contributed by atoms with E-state index in [1.54, 1.807) is 7.11 Å². The third-order valence-electron chi connectivity index (χ3n) is 5.59. The summed E-state index contributed by atoms with van der Waals surface area (Å²) in [7, 11) is 1.62. The molecule has 1 aromatic carbocycles. The molecule has 0 radical (unpaired) electrons. The summed E-state index contributed by atoms with van der Waals surface area (Å²) in [4.78, 5) is 2.41. The number of rotatable bonds is 6. The van der Waals surface area contributed by atoms with Crippen LogP contribution in [0.2, 0.25) is 5.02 Å². The van der Waals surface area contributed by atoms with E-state index in [1.165, 1.54) is 5.56 Å². The second kappa shape index (κ2) is 10.3. The first-order valence-corrected chi connectivity index (χ1v) is 9.01. The lowest BCUT2D eigenvalue weighted by Gasteiger charge is -2.56. The summed E-state index contributed by atoms with van der Waals surface area (Å²) in [6, 6.07) is 5.94. The molecule has 1 heterocycles. The fraction of sp³-hybridized carbons (Fsp3) is 0.667. The Morgan fingerprint density at radius 3 is 2.54 bits per heavy atom. The third-order valence-corrected chi connectivity index (χ3v) is 5.88. The molecular weight excluding hydrogens is 399 g/mol. The van der Waals surface area contributed by atoms with E-state index in [-0.39, 0.29) is 42.4 Å². The smallest absolute Gasteiger partial charge is 0.137 e. The SMILES string of the molecule is COc1ccc(CN2CCC3(CC2)[C@H](O)C[C@@H]3OCCN)cc1Cl.Cl.Cl. The molecule has 1 saturated carbocycles. The zero-order valence-electron chi connectivity index (χ0n) is 15.0. The highest BCUT2D eigenvalue weighted by molar-refractivity contribution is 6.32. The third kappa shape index (κ3) is 4.76. The van der Waals surface area contributed by atoms with Gasteiger partial charge in [0.15, 0.2) is 0 Å². The van der Waals surface area contributed by atoms with Gasteiger partial charge in [0.2, 0.25) is 0 Å². The minimum absolute atomic E-state index is 0. The van der Waals surface area contributed by atoms with Gasteiger partial charge in [0.25, 0.3) is 0 Å². The van der Waals surface area contributed by atoms with Crippen LogP contribution in [0.15, 0.2) is 18.2 Å². The van der Waals surface area contributed by atoms with E-state index in [0.29, 0.717) is 23.9 Å². The van der Waals surface area contributed by atoms with Gasteiger partial charge in [0, 0.05) is 24.9 Å². The molecular formula is C18H29Cl3N2O3. The highest BCUT2D eigenvalue weighted by Gasteiger charge is 2.55. The molecule has 2 aliphatic rings. The van der Waals surface area contributed by atoms with Crippen LogP contribution < -0.4 is 10.5 Å². The van der Waals surface area contributed by atoms with E-state index in [0.717, 1.165) is 38.9 Å². The Hall–Kier alpha value is -0.270. The average Bonchev–Trinajstić information content (AvgIpc) is 2.59. The van der Waals surface area contributed by atoms with Crippen LogP contribution in [0.4, 0.5) is 0 Å². The van der Waals surface area contributed by atoms with Crippen LogP contribution in [0.5, 0.6) is 5.75 Å². The van der Waals surface area contributed by atoms with Gasteiger partial charge in [-0.3, -0.25) is 4.90 Å². The summed E-state index contributed by atoms with van der Waals surface area (Å²) in [6.45, 7) is 3.90. The van der Waals surface area contributed by atoms with Crippen LogP contribution in [0.1, 0.15) is 24.8 Å². The average molecular weight is 428 g/mol. The van der Waals surface area contributed by atoms with Crippen LogP contribution in [0.3, 0.4) is 0 Å². The first-order valence-electron chi connectivity index (χ1n) is 8.63. The zero-order valence-corrected chi connectivity index (χ0v) is 17.4. The van der Waals surface area contributed by atoms with Crippen molar-refractivity contribution in [1.82, 2.24) is 4.90 Å². The molecule has 1 spiro atoms. The van der Waals surface area contributed by atoms with Crippen molar-refractivity contribution in [3.63, 3.8) is 0 Å². The Balaban J connectivity index is 0.00000169. The van der Waals surface area contributed by atoms with Crippen LogP contribution >= 0.6 is 36.4 Å². The normalized spacial score (nSPS) is 24.3. The number of nitrogens with zero attached hydrogens (tertiary/aromatic N) is 1. The number of benzene rings is 1. The zero-order chi connectivity index (χ0) is 17.2. The van der Waals surface area contributed by atoms with Gasteiger partial charge in [-0.15, -0.1) is 24.8 Å². The highest BCUT2D eigenvalue weighted by Crippen LogP contribution is 2.51. The molecule has 1 saturated heterocycles. The van der Waals surface area contributed by atoms with Crippen molar-refractivity contribution in [2.75, 3.05) is 33.4 Å². The number of aliphatic hydroxyl groups excluding tert-OH is 1. The number of nitrogens with two attached hydrogens (primary N) is 1. The van der Waals surface area contributed by atoms with Crippen molar-refractivity contribution in [2.24, 2.45) is 11.1 Å². The Kier molecular flexibility index (Phi) is 9.44. The van der Waals surface area contributed by atoms with Gasteiger partial charge in [-0.05, 0) is 43.6 Å². The van der Waals surface area contributed by atoms with E-state index in [4.69, 9.17) is 26.8 Å². The molecule has 8 heteroatoms. The van der Waals surface area contributed by atoms with Gasteiger partial charge in [-0.2, -0.15) is 0 Å². The second-order valence-electron chi connectivity index (χ2n) is 6.88. The molecule has 0 unspecified atom stereocenters. The molecule has 26 heavy (non-hydrogen) atoms. The van der Waals surface area contributed by atoms with Gasteiger partial charge >= 0.3 is 0 Å². The predicted molar refractivity (Wildman–Crippen MR) is 109 cm³/mol. The summed E-state index contributed by atoms with van der Waals surface area (Å²) in [6.07, 6.45) is 2.60. The number of methoxy groups -OCH3 is 1. The second-order valence-corrected chi connectivity index (χ2v) is 7.29. The van der Waals surface area contributed by atoms with E-state index in [2.05, 4.69) is 11.0 Å². The van der Waals surface area contributed by atoms with E-state index in [9.17, 15) is 5.11 Å². The standard InChI is InChI=1S/C18H27ClN2O3.2ClH/c1-23-15-3-2-13(10-14(15)19)12-21-7-4-18(5-8-21)16(22)11-17(18)24-9-6-20;;/h2-3,10,16-17,22H,4-9,11-12,20H2,1H3;2*1H/t16-,17+;;/m1../s1. The van der Waals surface area contributed by atoms with Crippen LogP contribution in [-0.4, -0.2) is 55.6 Å². The molecule has 2 atom stereocenters. The van der Waals surface area contributed by atoms with Crippen molar-refractivity contribution in [2.45, 2.75) is 38.0 Å². The fourth-order valence-corrected chi connectivity index (χ4v) is 4.30. The monoisotopic (exact) mass is 426 g/mol. The highest BCUT2D eigenvalue weighted by atomic mass is 35.5. The van der Waals surface area contributed by atoms with Gasteiger partial charge in [-0.25, -0.2) is 0 Å². The van der Waals surface area contributed by atoms with Crippen LogP contribution in [0.25, 0.3) is 0 Å². The lowest BCUT2D eigenvalue weighted by Crippen LogP contribution is -2.62. The first kappa shape index (κ1) is 23.8. The summed E-state index contributed by atoms with van der Waals surface area (Å²) in [5.41, 5.74) is 6.65. The van der Waals surface area contributed by atoms with Crippen molar-refractivity contribution >= 4 is 36.4 Å². The maximum absolute atomic E-state index is 10.3. The molecule has 150 valence electrons. The lowest BCUT2D eigenvalue weighted by molar-refractivity contribution is -0.210. The lowest BCUT2D eigenvalue weighted by atomic mass is 9.58. The minimum Gasteiger partial charge on any atom is -0.495 e. The summed E-state index contributed by atoms with van der Waals surface area (Å²) >= 11 is 6.21. The minimum atomic E-state index is -0.238. The van der Waals surface area contributed by atoms with Crippen LogP contribution in [0, 0.1) is 5.41 Å². The van der Waals surface area contributed by atoms with E-state index < -0.39 is 0 Å². The molecule has 1 aliphatic heterocycles. The molecule has 0 bridgehead atoms. The molecule has 1 aliphatic carbocycles. The topological polar surface area (TPSA) is 68.0 Å². The fourth-order valence-electron chi connectivity index (χ4n) is 4.02. The van der Waals surface area contributed by atoms with Gasteiger partial charge in [0.1, 0.15) is 5.75 Å². The number of ether oxygens (including phenoxy) is 2. The number of likely N-dealkylation sites (tertiary alicyclic amines) is 1. The Labute approximate surface area is 173 Å². The summed E-state index contributed by atoms with van der Waals surface area (Å²) < 4.78 is 11.0. The van der Waals surface area contributed by atoms with Gasteiger partial charge in [-0.1, -0.05) is 17.7 Å². The maximum Gasteiger partial charge on any atom is 0.137 e. The van der Waals surface area contributed by atoms with Crippen LogP contribution in [-0.2, 0) is 11.3 Å². The maximum atomic E-state index is 10.3. The van der Waals surface area contributed by atoms with Crippen molar-refractivity contribution in [3.05, 3.63) is 28.8 Å². The summed E-state index contributed by atoms with van der Waals surface area (Å²) in [5, 5.41) is 10.9. The van der Waals surface area contributed by atoms with Crippen molar-refractivity contribution < 1.29 is 14.6 Å². The quantitative estimate of drug-likeness (QED) is 0.730. The number of hydrogen-bond donors (Lipinski definition) is 2. The molecule has 3 N–H and O–H groups in total. The molecule has 5 nitrogen and oxygen atoms in total. The molecule has 0 aromatic heterocycles. The Morgan fingerprint density at radius 1 is 1.31 bits per heavy atom.